The molecule has 2 atom stereocenters. The number of hydrogen-bond donors (Lipinski definition) is 5. The molecular formula is C7H16N2O3. The van der Waals surface area contributed by atoms with Crippen molar-refractivity contribution in [2.45, 2.75) is 18.2 Å². The third-order valence-electron chi connectivity index (χ3n) is 2.07. The van der Waals surface area contributed by atoms with Gasteiger partial charge in [0.1, 0.15) is 0 Å². The molecule has 1 rings (SSSR count). The number of nitrogens with one attached hydrogen (secondary N) is 2. The average molecular weight is 176 g/mol. The van der Waals surface area contributed by atoms with E-state index < -0.39 is 6.10 Å². The average Bonchev–Trinajstić information content (AvgIpc) is 2.47. The third kappa shape index (κ3) is 2.40. The smallest absolute Gasteiger partial charge is 0.0829 e. The second kappa shape index (κ2) is 4.74. The third-order valence-corrected chi connectivity index (χ3v) is 2.07. The van der Waals surface area contributed by atoms with Gasteiger partial charge in [0.05, 0.1) is 25.4 Å². The number of β-amino-alcohol motifs (C(OH)–C–C–N with tert-alkyl or cyclic N) is 1. The van der Waals surface area contributed by atoms with Crippen LogP contribution in [-0.2, 0) is 0 Å². The van der Waals surface area contributed by atoms with Crippen molar-refractivity contribution in [3.8, 4) is 0 Å². The summed E-state index contributed by atoms with van der Waals surface area (Å²) in [6, 6.07) is -0.390. The molecule has 0 amide bonds. The molecule has 1 saturated heterocycles. The lowest BCUT2D eigenvalue weighted by molar-refractivity contribution is 0.121. The van der Waals surface area contributed by atoms with Gasteiger partial charge in [0, 0.05) is 19.1 Å². The number of hydrogen-bond acceptors (Lipinski definition) is 5. The highest BCUT2D eigenvalue weighted by Crippen LogP contribution is 2.00. The van der Waals surface area contributed by atoms with Crippen LogP contribution in [0.1, 0.15) is 0 Å². The molecule has 0 radical (unpaired) electrons. The lowest BCUT2D eigenvalue weighted by atomic mass is 10.2. The van der Waals surface area contributed by atoms with Crippen molar-refractivity contribution < 1.29 is 15.3 Å². The SMILES string of the molecule is OCC(CO)N[C@@H]1CNC[C@H]1O. The molecule has 0 aromatic heterocycles. The fourth-order valence-electron chi connectivity index (χ4n) is 1.30. The quantitative estimate of drug-likeness (QED) is 0.321. The highest BCUT2D eigenvalue weighted by atomic mass is 16.3. The molecule has 5 N–H and O–H groups in total. The van der Waals surface area contributed by atoms with Gasteiger partial charge in [-0.3, -0.25) is 0 Å². The van der Waals surface area contributed by atoms with Gasteiger partial charge < -0.3 is 26.0 Å². The van der Waals surface area contributed by atoms with Gasteiger partial charge in [-0.15, -0.1) is 0 Å². The summed E-state index contributed by atoms with van der Waals surface area (Å²) in [7, 11) is 0. The molecule has 0 aromatic carbocycles. The monoisotopic (exact) mass is 176 g/mol. The molecule has 1 aliphatic heterocycles. The minimum absolute atomic E-state index is 0.0608. The topological polar surface area (TPSA) is 84.8 Å². The van der Waals surface area contributed by atoms with Crippen LogP contribution >= 0.6 is 0 Å². The maximum atomic E-state index is 9.34. The Hall–Kier alpha value is -0.200. The Bertz CT molecular complexity index is 130. The van der Waals surface area contributed by atoms with E-state index in [1.807, 2.05) is 0 Å². The van der Waals surface area contributed by atoms with E-state index in [9.17, 15) is 5.11 Å². The molecule has 0 aromatic rings. The molecule has 1 heterocycles. The van der Waals surface area contributed by atoms with Crippen LogP contribution in [0.3, 0.4) is 0 Å². The van der Waals surface area contributed by atoms with E-state index in [-0.39, 0.29) is 25.3 Å². The lowest BCUT2D eigenvalue weighted by Gasteiger charge is -2.20. The summed E-state index contributed by atoms with van der Waals surface area (Å²) < 4.78 is 0. The molecular weight excluding hydrogens is 160 g/mol. The van der Waals surface area contributed by atoms with E-state index in [1.54, 1.807) is 0 Å². The fourth-order valence-corrected chi connectivity index (χ4v) is 1.30. The molecule has 1 fully saturated rings. The predicted molar refractivity (Wildman–Crippen MR) is 43.8 cm³/mol. The van der Waals surface area contributed by atoms with Crippen LogP contribution in [0.25, 0.3) is 0 Å². The van der Waals surface area contributed by atoms with Gasteiger partial charge in [-0.05, 0) is 0 Å². The summed E-state index contributed by atoms with van der Waals surface area (Å²) in [6.07, 6.45) is -0.425. The maximum absolute atomic E-state index is 9.34. The molecule has 0 aliphatic carbocycles. The zero-order valence-electron chi connectivity index (χ0n) is 6.90. The van der Waals surface area contributed by atoms with Crippen LogP contribution in [0.4, 0.5) is 0 Å². The van der Waals surface area contributed by atoms with Crippen molar-refractivity contribution in [3.05, 3.63) is 0 Å². The van der Waals surface area contributed by atoms with Crippen molar-refractivity contribution in [2.24, 2.45) is 0 Å². The molecule has 5 nitrogen and oxygen atoms in total. The molecule has 0 spiro atoms. The molecule has 0 unspecified atom stereocenters. The second-order valence-electron chi connectivity index (χ2n) is 3.06. The van der Waals surface area contributed by atoms with Gasteiger partial charge in [0.2, 0.25) is 0 Å². The second-order valence-corrected chi connectivity index (χ2v) is 3.06. The Morgan fingerprint density at radius 1 is 1.33 bits per heavy atom. The van der Waals surface area contributed by atoms with E-state index in [0.29, 0.717) is 13.1 Å². The van der Waals surface area contributed by atoms with Gasteiger partial charge in [0.15, 0.2) is 0 Å². The molecule has 1 aliphatic rings. The zero-order valence-corrected chi connectivity index (χ0v) is 6.90. The molecule has 72 valence electrons. The van der Waals surface area contributed by atoms with E-state index in [4.69, 9.17) is 10.2 Å². The first-order valence-corrected chi connectivity index (χ1v) is 4.14. The van der Waals surface area contributed by atoms with E-state index in [2.05, 4.69) is 10.6 Å². The minimum atomic E-state index is -0.425. The Balaban J connectivity index is 2.28. The first kappa shape index (κ1) is 9.88. The zero-order chi connectivity index (χ0) is 8.97. The summed E-state index contributed by atoms with van der Waals surface area (Å²) in [5.74, 6) is 0. The molecule has 5 heteroatoms. The van der Waals surface area contributed by atoms with Crippen LogP contribution < -0.4 is 10.6 Å². The van der Waals surface area contributed by atoms with Gasteiger partial charge >= 0.3 is 0 Å². The summed E-state index contributed by atoms with van der Waals surface area (Å²) in [6.45, 7) is 1.03. The summed E-state index contributed by atoms with van der Waals surface area (Å²) in [5, 5.41) is 32.8. The summed E-state index contributed by atoms with van der Waals surface area (Å²) in [4.78, 5) is 0. The minimum Gasteiger partial charge on any atom is -0.395 e. The van der Waals surface area contributed by atoms with Crippen LogP contribution in [-0.4, -0.2) is 59.8 Å². The van der Waals surface area contributed by atoms with Gasteiger partial charge in [-0.1, -0.05) is 0 Å². The van der Waals surface area contributed by atoms with Gasteiger partial charge in [-0.2, -0.15) is 0 Å². The van der Waals surface area contributed by atoms with Crippen LogP contribution in [0.5, 0.6) is 0 Å². The van der Waals surface area contributed by atoms with Crippen molar-refractivity contribution >= 4 is 0 Å². The van der Waals surface area contributed by atoms with Crippen molar-refractivity contribution in [2.75, 3.05) is 26.3 Å². The van der Waals surface area contributed by atoms with Crippen LogP contribution in [0, 0.1) is 0 Å². The summed E-state index contributed by atoms with van der Waals surface area (Å²) >= 11 is 0. The first-order chi connectivity index (χ1) is 5.77. The Kier molecular flexibility index (Phi) is 3.90. The highest BCUT2D eigenvalue weighted by molar-refractivity contribution is 4.88. The Morgan fingerprint density at radius 3 is 2.42 bits per heavy atom. The molecule has 12 heavy (non-hydrogen) atoms. The van der Waals surface area contributed by atoms with Crippen LogP contribution in [0.2, 0.25) is 0 Å². The van der Waals surface area contributed by atoms with E-state index in [0.717, 1.165) is 0 Å². The lowest BCUT2D eigenvalue weighted by Crippen LogP contribution is -2.48. The maximum Gasteiger partial charge on any atom is 0.0829 e. The predicted octanol–water partition coefficient (Wildman–Crippen LogP) is -2.74. The summed E-state index contributed by atoms with van der Waals surface area (Å²) in [5.41, 5.74) is 0. The standard InChI is InChI=1S/C7H16N2O3/c10-3-5(4-11)9-6-1-8-2-7(6)12/h5-12H,1-4H2/t6-,7-/m1/s1. The number of aliphatic hydroxyl groups excluding tert-OH is 3. The van der Waals surface area contributed by atoms with Crippen molar-refractivity contribution in [1.82, 2.24) is 10.6 Å². The Labute approximate surface area is 71.4 Å². The molecule has 0 saturated carbocycles. The van der Waals surface area contributed by atoms with Gasteiger partial charge in [-0.25, -0.2) is 0 Å². The normalized spacial score (nSPS) is 30.0. The van der Waals surface area contributed by atoms with Crippen molar-refractivity contribution in [3.63, 3.8) is 0 Å². The van der Waals surface area contributed by atoms with Crippen LogP contribution in [0.15, 0.2) is 0 Å². The highest BCUT2D eigenvalue weighted by Gasteiger charge is 2.26. The number of aliphatic hydroxyl groups is 3. The van der Waals surface area contributed by atoms with E-state index >= 15 is 0 Å². The fraction of sp³-hybridized carbons (Fsp3) is 1.00. The van der Waals surface area contributed by atoms with Gasteiger partial charge in [0.25, 0.3) is 0 Å². The van der Waals surface area contributed by atoms with Crippen molar-refractivity contribution in [1.29, 1.82) is 0 Å². The largest absolute Gasteiger partial charge is 0.395 e. The Morgan fingerprint density at radius 2 is 2.00 bits per heavy atom. The molecule has 0 bridgehead atoms. The first-order valence-electron chi connectivity index (χ1n) is 4.14. The number of rotatable bonds is 4. The van der Waals surface area contributed by atoms with E-state index in [1.165, 1.54) is 0 Å².